The van der Waals surface area contributed by atoms with Crippen LogP contribution in [0.3, 0.4) is 0 Å². The molecule has 1 heterocycles. The number of rotatable bonds is 7. The van der Waals surface area contributed by atoms with Crippen LogP contribution < -0.4 is 10.1 Å². The minimum absolute atomic E-state index is 0.272. The second kappa shape index (κ2) is 8.68. The summed E-state index contributed by atoms with van der Waals surface area (Å²) >= 11 is 0. The predicted molar refractivity (Wildman–Crippen MR) is 114 cm³/mol. The third kappa shape index (κ3) is 4.38. The highest BCUT2D eigenvalue weighted by atomic mass is 16.5. The Balaban J connectivity index is 1.35. The van der Waals surface area contributed by atoms with Crippen LogP contribution in [0.4, 0.5) is 0 Å². The maximum atomic E-state index is 5.84. The Morgan fingerprint density at radius 1 is 0.821 bits per heavy atom. The quantitative estimate of drug-likeness (QED) is 0.457. The fraction of sp³-hybridized carbons (Fsp3) is 0.160. The van der Waals surface area contributed by atoms with Crippen molar-refractivity contribution in [2.24, 2.45) is 0 Å². The zero-order valence-electron chi connectivity index (χ0n) is 16.0. The van der Waals surface area contributed by atoms with E-state index in [1.54, 1.807) is 12.4 Å². The van der Waals surface area contributed by atoms with E-state index in [9.17, 15) is 0 Å². The Kier molecular flexibility index (Phi) is 5.64. The number of hydrogen-bond donors (Lipinski definition) is 1. The first-order chi connectivity index (χ1) is 13.8. The SMILES string of the molecule is CC(NCc1ccc(OCc2ccncc2)cc1)c1cccc2ccccc12. The van der Waals surface area contributed by atoms with Crippen molar-refractivity contribution in [1.82, 2.24) is 10.3 Å². The average molecular weight is 368 g/mol. The topological polar surface area (TPSA) is 34.1 Å². The molecule has 1 N–H and O–H groups in total. The van der Waals surface area contributed by atoms with Gasteiger partial charge in [-0.25, -0.2) is 0 Å². The van der Waals surface area contributed by atoms with Crippen LogP contribution in [0.1, 0.15) is 29.7 Å². The molecule has 28 heavy (non-hydrogen) atoms. The van der Waals surface area contributed by atoms with Gasteiger partial charge in [0.05, 0.1) is 0 Å². The Hall–Kier alpha value is -3.17. The first-order valence-corrected chi connectivity index (χ1v) is 9.61. The smallest absolute Gasteiger partial charge is 0.119 e. The molecule has 0 radical (unpaired) electrons. The lowest BCUT2D eigenvalue weighted by Crippen LogP contribution is -2.18. The van der Waals surface area contributed by atoms with Gasteiger partial charge in [-0.3, -0.25) is 4.98 Å². The van der Waals surface area contributed by atoms with E-state index in [-0.39, 0.29) is 6.04 Å². The van der Waals surface area contributed by atoms with Crippen LogP contribution in [0.5, 0.6) is 5.75 Å². The molecule has 0 aliphatic rings. The van der Waals surface area contributed by atoms with Gasteiger partial charge in [0, 0.05) is 25.0 Å². The summed E-state index contributed by atoms with van der Waals surface area (Å²) < 4.78 is 5.84. The van der Waals surface area contributed by atoms with Crippen molar-refractivity contribution in [3.63, 3.8) is 0 Å². The molecule has 3 aromatic carbocycles. The van der Waals surface area contributed by atoms with Gasteiger partial charge in [0.25, 0.3) is 0 Å². The van der Waals surface area contributed by atoms with Crippen molar-refractivity contribution in [2.45, 2.75) is 26.1 Å². The highest BCUT2D eigenvalue weighted by Gasteiger charge is 2.08. The van der Waals surface area contributed by atoms with Gasteiger partial charge in [0.1, 0.15) is 12.4 Å². The molecule has 0 fully saturated rings. The monoisotopic (exact) mass is 368 g/mol. The molecule has 4 rings (SSSR count). The second-order valence-electron chi connectivity index (χ2n) is 6.96. The molecule has 0 saturated heterocycles. The summed E-state index contributed by atoms with van der Waals surface area (Å²) in [6.07, 6.45) is 3.56. The van der Waals surface area contributed by atoms with Crippen LogP contribution in [0.25, 0.3) is 10.8 Å². The van der Waals surface area contributed by atoms with Crippen LogP contribution >= 0.6 is 0 Å². The molecule has 0 aliphatic carbocycles. The van der Waals surface area contributed by atoms with E-state index < -0.39 is 0 Å². The standard InChI is InChI=1S/C25H24N2O/c1-19(24-8-4-6-22-5-2-3-7-25(22)24)27-17-20-9-11-23(12-10-20)28-18-21-13-15-26-16-14-21/h2-16,19,27H,17-18H2,1H3. The van der Waals surface area contributed by atoms with Crippen LogP contribution in [0, 0.1) is 0 Å². The van der Waals surface area contributed by atoms with E-state index in [1.165, 1.54) is 21.9 Å². The number of ether oxygens (including phenoxy) is 1. The van der Waals surface area contributed by atoms with E-state index in [4.69, 9.17) is 4.74 Å². The molecule has 4 aromatic rings. The zero-order chi connectivity index (χ0) is 19.2. The molecular weight excluding hydrogens is 344 g/mol. The normalized spacial score (nSPS) is 12.0. The Labute approximate surface area is 166 Å². The zero-order valence-corrected chi connectivity index (χ0v) is 16.0. The van der Waals surface area contributed by atoms with E-state index in [0.717, 1.165) is 17.9 Å². The fourth-order valence-electron chi connectivity index (χ4n) is 3.36. The molecule has 3 nitrogen and oxygen atoms in total. The van der Waals surface area contributed by atoms with Gasteiger partial charge in [0.2, 0.25) is 0 Å². The Bertz CT molecular complexity index is 1020. The maximum absolute atomic E-state index is 5.84. The fourth-order valence-corrected chi connectivity index (χ4v) is 3.36. The van der Waals surface area contributed by atoms with Gasteiger partial charge >= 0.3 is 0 Å². The average Bonchev–Trinajstić information content (AvgIpc) is 2.77. The van der Waals surface area contributed by atoms with Crippen LogP contribution in [-0.4, -0.2) is 4.98 Å². The van der Waals surface area contributed by atoms with Crippen molar-refractivity contribution in [3.05, 3.63) is 108 Å². The summed E-state index contributed by atoms with van der Waals surface area (Å²) in [4.78, 5) is 4.02. The molecular formula is C25H24N2O. The summed E-state index contributed by atoms with van der Waals surface area (Å²) in [5, 5.41) is 6.23. The van der Waals surface area contributed by atoms with Crippen molar-refractivity contribution in [1.29, 1.82) is 0 Å². The molecule has 0 saturated carbocycles. The van der Waals surface area contributed by atoms with Gasteiger partial charge < -0.3 is 10.1 Å². The summed E-state index contributed by atoms with van der Waals surface area (Å²) in [6.45, 7) is 3.58. The van der Waals surface area contributed by atoms with Crippen LogP contribution in [0.15, 0.2) is 91.3 Å². The molecule has 0 aliphatic heterocycles. The Morgan fingerprint density at radius 3 is 2.39 bits per heavy atom. The maximum Gasteiger partial charge on any atom is 0.119 e. The van der Waals surface area contributed by atoms with Gasteiger partial charge in [0.15, 0.2) is 0 Å². The minimum Gasteiger partial charge on any atom is -0.489 e. The van der Waals surface area contributed by atoms with E-state index in [2.05, 4.69) is 71.8 Å². The van der Waals surface area contributed by atoms with Gasteiger partial charge in [-0.1, -0.05) is 54.6 Å². The molecule has 140 valence electrons. The summed E-state index contributed by atoms with van der Waals surface area (Å²) in [6, 6.07) is 27.5. The van der Waals surface area contributed by atoms with Gasteiger partial charge in [-0.15, -0.1) is 0 Å². The van der Waals surface area contributed by atoms with Crippen LogP contribution in [0.2, 0.25) is 0 Å². The first kappa shape index (κ1) is 18.2. The molecule has 3 heteroatoms. The Morgan fingerprint density at radius 2 is 1.57 bits per heavy atom. The van der Waals surface area contributed by atoms with E-state index in [0.29, 0.717) is 6.61 Å². The number of hydrogen-bond acceptors (Lipinski definition) is 3. The van der Waals surface area contributed by atoms with E-state index >= 15 is 0 Å². The lowest BCUT2D eigenvalue weighted by atomic mass is 9.99. The van der Waals surface area contributed by atoms with Crippen LogP contribution in [-0.2, 0) is 13.2 Å². The highest BCUT2D eigenvalue weighted by molar-refractivity contribution is 5.86. The second-order valence-corrected chi connectivity index (χ2v) is 6.96. The molecule has 1 unspecified atom stereocenters. The third-order valence-electron chi connectivity index (χ3n) is 4.98. The number of fused-ring (bicyclic) bond motifs is 1. The summed E-state index contributed by atoms with van der Waals surface area (Å²) in [5.41, 5.74) is 3.68. The van der Waals surface area contributed by atoms with Gasteiger partial charge in [-0.2, -0.15) is 0 Å². The van der Waals surface area contributed by atoms with Crippen molar-refractivity contribution in [2.75, 3.05) is 0 Å². The molecule has 0 amide bonds. The molecule has 0 bridgehead atoms. The molecule has 0 spiro atoms. The number of nitrogens with one attached hydrogen (secondary N) is 1. The van der Waals surface area contributed by atoms with Crippen molar-refractivity contribution in [3.8, 4) is 5.75 Å². The molecule has 1 atom stereocenters. The number of benzene rings is 3. The van der Waals surface area contributed by atoms with Gasteiger partial charge in [-0.05, 0) is 58.7 Å². The van der Waals surface area contributed by atoms with Crippen molar-refractivity contribution < 1.29 is 4.74 Å². The minimum atomic E-state index is 0.272. The molecule has 1 aromatic heterocycles. The number of aromatic nitrogens is 1. The summed E-state index contributed by atoms with van der Waals surface area (Å²) in [7, 11) is 0. The van der Waals surface area contributed by atoms with Crippen molar-refractivity contribution >= 4 is 10.8 Å². The van der Waals surface area contributed by atoms with E-state index in [1.807, 2.05) is 24.3 Å². The number of pyridine rings is 1. The largest absolute Gasteiger partial charge is 0.489 e. The lowest BCUT2D eigenvalue weighted by Gasteiger charge is -2.17. The summed E-state index contributed by atoms with van der Waals surface area (Å²) in [5.74, 6) is 0.877. The predicted octanol–water partition coefficient (Wildman–Crippen LogP) is 5.66. The highest BCUT2D eigenvalue weighted by Crippen LogP contribution is 2.24. The number of nitrogens with zero attached hydrogens (tertiary/aromatic N) is 1. The lowest BCUT2D eigenvalue weighted by molar-refractivity contribution is 0.306. The third-order valence-corrected chi connectivity index (χ3v) is 4.98. The first-order valence-electron chi connectivity index (χ1n) is 9.61.